The molecule has 2 unspecified atom stereocenters. The van der Waals surface area contributed by atoms with Crippen molar-refractivity contribution in [3.8, 4) is 0 Å². The van der Waals surface area contributed by atoms with Crippen molar-refractivity contribution in [3.63, 3.8) is 0 Å². The van der Waals surface area contributed by atoms with Gasteiger partial charge >= 0.3 is 12.0 Å². The van der Waals surface area contributed by atoms with Crippen LogP contribution in [0.4, 0.5) is 4.79 Å². The standard InChI is InChI=1S/C12H21N3O4/c1-7(11(17)18)8(2)13-12(19)15(3)6-10(16)14-9-4-5-9/h7-9H,4-6H2,1-3H3,(H,13,19)(H,14,16)(H,17,18). The number of carbonyl (C=O) groups is 3. The van der Waals surface area contributed by atoms with Crippen LogP contribution in [0.3, 0.4) is 0 Å². The van der Waals surface area contributed by atoms with Gasteiger partial charge in [0.25, 0.3) is 0 Å². The van der Waals surface area contributed by atoms with Crippen LogP contribution >= 0.6 is 0 Å². The molecule has 0 aromatic rings. The summed E-state index contributed by atoms with van der Waals surface area (Å²) < 4.78 is 0. The van der Waals surface area contributed by atoms with Gasteiger partial charge < -0.3 is 20.6 Å². The van der Waals surface area contributed by atoms with Crippen LogP contribution in [0, 0.1) is 5.92 Å². The molecule has 0 spiro atoms. The Morgan fingerprint density at radius 1 is 1.32 bits per heavy atom. The van der Waals surface area contributed by atoms with Crippen LogP contribution in [0.2, 0.25) is 0 Å². The topological polar surface area (TPSA) is 98.7 Å². The number of amides is 3. The Balaban J connectivity index is 2.34. The number of carbonyl (C=O) groups excluding carboxylic acids is 2. The number of hydrogen-bond donors (Lipinski definition) is 3. The lowest BCUT2D eigenvalue weighted by molar-refractivity contribution is -0.141. The fraction of sp³-hybridized carbons (Fsp3) is 0.750. The molecule has 0 saturated heterocycles. The minimum Gasteiger partial charge on any atom is -0.481 e. The second kappa shape index (κ2) is 6.40. The number of carboxylic acid groups (broad SMARTS) is 1. The highest BCUT2D eigenvalue weighted by Gasteiger charge is 2.25. The van der Waals surface area contributed by atoms with E-state index in [9.17, 15) is 14.4 Å². The van der Waals surface area contributed by atoms with Crippen LogP contribution in [-0.2, 0) is 9.59 Å². The summed E-state index contributed by atoms with van der Waals surface area (Å²) in [4.78, 5) is 35.3. The Labute approximate surface area is 112 Å². The fourth-order valence-corrected chi connectivity index (χ4v) is 1.43. The van der Waals surface area contributed by atoms with E-state index < -0.39 is 24.0 Å². The number of carboxylic acids is 1. The maximum absolute atomic E-state index is 11.8. The van der Waals surface area contributed by atoms with Crippen molar-refractivity contribution in [1.29, 1.82) is 0 Å². The second-order valence-corrected chi connectivity index (χ2v) is 5.06. The molecule has 19 heavy (non-hydrogen) atoms. The van der Waals surface area contributed by atoms with E-state index in [2.05, 4.69) is 10.6 Å². The summed E-state index contributed by atoms with van der Waals surface area (Å²) in [6, 6.07) is -0.694. The first kappa shape index (κ1) is 15.3. The lowest BCUT2D eigenvalue weighted by Gasteiger charge is -2.23. The zero-order valence-electron chi connectivity index (χ0n) is 11.5. The van der Waals surface area contributed by atoms with E-state index in [-0.39, 0.29) is 18.5 Å². The molecule has 0 aromatic carbocycles. The molecule has 1 fully saturated rings. The van der Waals surface area contributed by atoms with Gasteiger partial charge in [-0.05, 0) is 26.7 Å². The summed E-state index contributed by atoms with van der Waals surface area (Å²) >= 11 is 0. The van der Waals surface area contributed by atoms with Crippen molar-refractivity contribution in [2.75, 3.05) is 13.6 Å². The summed E-state index contributed by atoms with van der Waals surface area (Å²) in [6.07, 6.45) is 1.99. The minimum atomic E-state index is -0.970. The maximum Gasteiger partial charge on any atom is 0.317 e. The molecule has 0 radical (unpaired) electrons. The molecule has 0 bridgehead atoms. The Bertz CT molecular complexity index is 368. The highest BCUT2D eigenvalue weighted by Crippen LogP contribution is 2.18. The van der Waals surface area contributed by atoms with Crippen molar-refractivity contribution in [2.24, 2.45) is 5.92 Å². The first-order valence-electron chi connectivity index (χ1n) is 6.35. The largest absolute Gasteiger partial charge is 0.481 e. The lowest BCUT2D eigenvalue weighted by Crippen LogP contribution is -2.48. The number of hydrogen-bond acceptors (Lipinski definition) is 3. The minimum absolute atomic E-state index is 0.0312. The average Bonchev–Trinajstić information content (AvgIpc) is 3.10. The van der Waals surface area contributed by atoms with E-state index in [1.54, 1.807) is 6.92 Å². The van der Waals surface area contributed by atoms with Gasteiger partial charge in [-0.15, -0.1) is 0 Å². The van der Waals surface area contributed by atoms with Crippen molar-refractivity contribution in [2.45, 2.75) is 38.8 Å². The Morgan fingerprint density at radius 2 is 1.89 bits per heavy atom. The first-order chi connectivity index (χ1) is 8.81. The smallest absolute Gasteiger partial charge is 0.317 e. The van der Waals surface area contributed by atoms with E-state index in [0.29, 0.717) is 0 Å². The van der Waals surface area contributed by atoms with E-state index in [0.717, 1.165) is 12.8 Å². The molecular formula is C12H21N3O4. The number of urea groups is 1. The van der Waals surface area contributed by atoms with E-state index in [1.165, 1.54) is 18.9 Å². The van der Waals surface area contributed by atoms with E-state index in [4.69, 9.17) is 5.11 Å². The van der Waals surface area contributed by atoms with Crippen LogP contribution in [0.15, 0.2) is 0 Å². The Hall–Kier alpha value is -1.79. The van der Waals surface area contributed by atoms with Gasteiger partial charge in [-0.25, -0.2) is 4.79 Å². The third kappa shape index (κ3) is 5.15. The lowest BCUT2D eigenvalue weighted by atomic mass is 10.0. The van der Waals surface area contributed by atoms with E-state index >= 15 is 0 Å². The van der Waals surface area contributed by atoms with Crippen LogP contribution < -0.4 is 10.6 Å². The van der Waals surface area contributed by atoms with Crippen LogP contribution in [0.5, 0.6) is 0 Å². The molecule has 0 heterocycles. The van der Waals surface area contributed by atoms with Gasteiger partial charge in [0.2, 0.25) is 5.91 Å². The van der Waals surface area contributed by atoms with Gasteiger partial charge in [-0.2, -0.15) is 0 Å². The zero-order chi connectivity index (χ0) is 14.6. The van der Waals surface area contributed by atoms with Gasteiger partial charge in [-0.1, -0.05) is 0 Å². The number of likely N-dealkylation sites (N-methyl/N-ethyl adjacent to an activating group) is 1. The molecule has 1 aliphatic rings. The monoisotopic (exact) mass is 271 g/mol. The Morgan fingerprint density at radius 3 is 2.37 bits per heavy atom. The van der Waals surface area contributed by atoms with Gasteiger partial charge in [0.15, 0.2) is 0 Å². The van der Waals surface area contributed by atoms with Gasteiger partial charge in [0.05, 0.1) is 5.92 Å². The maximum atomic E-state index is 11.8. The van der Waals surface area contributed by atoms with Gasteiger partial charge in [-0.3, -0.25) is 9.59 Å². The number of rotatable bonds is 6. The predicted octanol–water partition coefficient (Wildman–Crippen LogP) is 0.0156. The van der Waals surface area contributed by atoms with Crippen LogP contribution in [-0.4, -0.2) is 53.6 Å². The molecule has 7 heteroatoms. The molecule has 2 atom stereocenters. The summed E-state index contributed by atoms with van der Waals surface area (Å²) in [5.41, 5.74) is 0. The van der Waals surface area contributed by atoms with Crippen LogP contribution in [0.25, 0.3) is 0 Å². The fourth-order valence-electron chi connectivity index (χ4n) is 1.43. The predicted molar refractivity (Wildman–Crippen MR) is 68.6 cm³/mol. The number of aliphatic carboxylic acids is 1. The molecule has 0 aliphatic heterocycles. The highest BCUT2D eigenvalue weighted by molar-refractivity contribution is 5.84. The van der Waals surface area contributed by atoms with Crippen molar-refractivity contribution in [3.05, 3.63) is 0 Å². The van der Waals surface area contributed by atoms with Crippen molar-refractivity contribution in [1.82, 2.24) is 15.5 Å². The SMILES string of the molecule is CC(NC(=O)N(C)CC(=O)NC1CC1)C(C)C(=O)O. The molecule has 3 N–H and O–H groups in total. The third-order valence-corrected chi connectivity index (χ3v) is 3.16. The third-order valence-electron chi connectivity index (χ3n) is 3.16. The van der Waals surface area contributed by atoms with Gasteiger partial charge in [0, 0.05) is 19.1 Å². The summed E-state index contributed by atoms with van der Waals surface area (Å²) in [6.45, 7) is 3.11. The normalized spacial score (nSPS) is 17.2. The quantitative estimate of drug-likeness (QED) is 0.634. The summed E-state index contributed by atoms with van der Waals surface area (Å²) in [5, 5.41) is 14.2. The molecule has 7 nitrogen and oxygen atoms in total. The second-order valence-electron chi connectivity index (χ2n) is 5.06. The molecule has 1 rings (SSSR count). The van der Waals surface area contributed by atoms with Gasteiger partial charge in [0.1, 0.15) is 6.54 Å². The molecular weight excluding hydrogens is 250 g/mol. The molecule has 1 saturated carbocycles. The molecule has 3 amide bonds. The number of nitrogens with one attached hydrogen (secondary N) is 2. The summed E-state index contributed by atoms with van der Waals surface area (Å²) in [7, 11) is 1.50. The Kier molecular flexibility index (Phi) is 5.14. The summed E-state index contributed by atoms with van der Waals surface area (Å²) in [5.74, 6) is -1.85. The molecule has 1 aliphatic carbocycles. The van der Waals surface area contributed by atoms with Crippen LogP contribution in [0.1, 0.15) is 26.7 Å². The number of nitrogens with zero attached hydrogens (tertiary/aromatic N) is 1. The molecule has 0 aromatic heterocycles. The zero-order valence-corrected chi connectivity index (χ0v) is 11.5. The average molecular weight is 271 g/mol. The van der Waals surface area contributed by atoms with Crippen molar-refractivity contribution < 1.29 is 19.5 Å². The first-order valence-corrected chi connectivity index (χ1v) is 6.35. The van der Waals surface area contributed by atoms with Crippen molar-refractivity contribution >= 4 is 17.9 Å². The highest BCUT2D eigenvalue weighted by atomic mass is 16.4. The molecule has 108 valence electrons. The van der Waals surface area contributed by atoms with E-state index in [1.807, 2.05) is 0 Å².